The topological polar surface area (TPSA) is 91.3 Å². The number of amidine groups is 1. The van der Waals surface area contributed by atoms with Gasteiger partial charge in [0.15, 0.2) is 11.7 Å². The second-order valence-electron chi connectivity index (χ2n) is 4.60. The number of halogens is 4. The average Bonchev–Trinajstić information content (AvgIpc) is 2.70. The minimum absolute atomic E-state index is 0.265. The molecule has 0 radical (unpaired) electrons. The Labute approximate surface area is 116 Å². The van der Waals surface area contributed by atoms with Crippen molar-refractivity contribution in [1.82, 2.24) is 4.90 Å². The van der Waals surface area contributed by atoms with E-state index in [4.69, 9.17) is 15.6 Å². The third-order valence-corrected chi connectivity index (χ3v) is 3.25. The molecule has 1 unspecified atom stereocenters. The molecule has 2 aliphatic rings. The summed E-state index contributed by atoms with van der Waals surface area (Å²) in [4.78, 5) is 4.17. The first-order valence-corrected chi connectivity index (χ1v) is 5.87. The average molecular weight is 311 g/mol. The van der Waals surface area contributed by atoms with Crippen molar-refractivity contribution in [2.24, 2.45) is 16.6 Å². The van der Waals surface area contributed by atoms with Crippen molar-refractivity contribution in [3.8, 4) is 0 Å². The standard InChI is InChI=1S/C11H13F4N3O3/c1-4-17-9(16)5(12)2-18(4)10-7(11(13,14)15)8(20)6(3-19)21-10/h2,6-8,10,19-20H,1,3H2,(H2,16,17)/t6-,7?,8+,10-/m1/s1. The van der Waals surface area contributed by atoms with Crippen LogP contribution in [0.1, 0.15) is 0 Å². The van der Waals surface area contributed by atoms with Crippen molar-refractivity contribution >= 4 is 5.84 Å². The summed E-state index contributed by atoms with van der Waals surface area (Å²) >= 11 is 0. The normalized spacial score (nSPS) is 34.0. The zero-order chi connectivity index (χ0) is 15.9. The van der Waals surface area contributed by atoms with E-state index in [9.17, 15) is 22.7 Å². The van der Waals surface area contributed by atoms with Crippen LogP contribution in [0.4, 0.5) is 17.6 Å². The summed E-state index contributed by atoms with van der Waals surface area (Å²) in [6.07, 6.45) is -9.40. The van der Waals surface area contributed by atoms with Crippen molar-refractivity contribution in [2.45, 2.75) is 24.6 Å². The van der Waals surface area contributed by atoms with Crippen LogP contribution in [0.15, 0.2) is 29.4 Å². The van der Waals surface area contributed by atoms with E-state index < -0.39 is 48.8 Å². The van der Waals surface area contributed by atoms with Gasteiger partial charge in [-0.1, -0.05) is 6.58 Å². The Morgan fingerprint density at radius 2 is 2.10 bits per heavy atom. The third kappa shape index (κ3) is 2.74. The van der Waals surface area contributed by atoms with E-state index in [-0.39, 0.29) is 5.82 Å². The van der Waals surface area contributed by atoms with Crippen LogP contribution in [0.5, 0.6) is 0 Å². The number of rotatable bonds is 2. The molecular weight excluding hydrogens is 298 g/mol. The molecule has 10 heteroatoms. The SMILES string of the molecule is C=C1N=C(N)C(F)=CN1[C@@H]1O[C@H](CO)[C@H](O)C1C(F)(F)F. The fourth-order valence-corrected chi connectivity index (χ4v) is 2.22. The molecule has 2 aliphatic heterocycles. The van der Waals surface area contributed by atoms with Gasteiger partial charge in [0.2, 0.25) is 0 Å². The number of alkyl halides is 3. The van der Waals surface area contributed by atoms with Gasteiger partial charge in [0.05, 0.1) is 12.7 Å². The first-order valence-electron chi connectivity index (χ1n) is 5.87. The highest BCUT2D eigenvalue weighted by atomic mass is 19.4. The Morgan fingerprint density at radius 1 is 1.48 bits per heavy atom. The lowest BCUT2D eigenvalue weighted by atomic mass is 9.98. The summed E-state index contributed by atoms with van der Waals surface area (Å²) in [7, 11) is 0. The molecule has 1 fully saturated rings. The molecule has 2 rings (SSSR count). The van der Waals surface area contributed by atoms with E-state index >= 15 is 0 Å². The molecule has 1 saturated heterocycles. The van der Waals surface area contributed by atoms with Gasteiger partial charge in [-0.25, -0.2) is 9.38 Å². The van der Waals surface area contributed by atoms with E-state index in [1.807, 2.05) is 0 Å². The molecule has 4 N–H and O–H groups in total. The number of hydrogen-bond acceptors (Lipinski definition) is 6. The van der Waals surface area contributed by atoms with Crippen LogP contribution >= 0.6 is 0 Å². The largest absolute Gasteiger partial charge is 0.398 e. The highest BCUT2D eigenvalue weighted by molar-refractivity contribution is 5.96. The van der Waals surface area contributed by atoms with Crippen molar-refractivity contribution < 1.29 is 32.5 Å². The minimum Gasteiger partial charge on any atom is -0.394 e. The molecule has 0 aromatic heterocycles. The van der Waals surface area contributed by atoms with Crippen LogP contribution < -0.4 is 5.73 Å². The van der Waals surface area contributed by atoms with E-state index in [1.165, 1.54) is 0 Å². The Balaban J connectivity index is 2.35. The number of ether oxygens (including phenoxy) is 1. The Kier molecular flexibility index (Phi) is 3.95. The Morgan fingerprint density at radius 3 is 2.62 bits per heavy atom. The summed E-state index contributed by atoms with van der Waals surface area (Å²) in [6.45, 7) is 2.56. The second kappa shape index (κ2) is 5.28. The van der Waals surface area contributed by atoms with E-state index in [2.05, 4.69) is 11.6 Å². The lowest BCUT2D eigenvalue weighted by Gasteiger charge is -2.33. The van der Waals surface area contributed by atoms with Crippen molar-refractivity contribution in [2.75, 3.05) is 6.61 Å². The van der Waals surface area contributed by atoms with Gasteiger partial charge < -0.3 is 25.6 Å². The van der Waals surface area contributed by atoms with Crippen molar-refractivity contribution in [1.29, 1.82) is 0 Å². The van der Waals surface area contributed by atoms with Crippen LogP contribution in [0.25, 0.3) is 0 Å². The number of aliphatic imine (C=N–C) groups is 1. The summed E-state index contributed by atoms with van der Waals surface area (Å²) in [5, 5.41) is 18.6. The zero-order valence-corrected chi connectivity index (χ0v) is 10.6. The molecule has 0 spiro atoms. The molecule has 118 valence electrons. The fourth-order valence-electron chi connectivity index (χ4n) is 2.22. The molecule has 0 amide bonds. The number of aliphatic hydroxyl groups excluding tert-OH is 2. The maximum Gasteiger partial charge on any atom is 0.398 e. The first-order chi connectivity index (χ1) is 9.66. The first kappa shape index (κ1) is 15.7. The minimum atomic E-state index is -4.83. The number of hydrogen-bond donors (Lipinski definition) is 3. The maximum atomic E-state index is 13.4. The van der Waals surface area contributed by atoms with Gasteiger partial charge in [0.1, 0.15) is 24.1 Å². The predicted octanol–water partition coefficient (Wildman–Crippen LogP) is 0.198. The highest BCUT2D eigenvalue weighted by Crippen LogP contribution is 2.42. The predicted molar refractivity (Wildman–Crippen MR) is 63.1 cm³/mol. The van der Waals surface area contributed by atoms with Crippen LogP contribution in [0, 0.1) is 5.92 Å². The monoisotopic (exact) mass is 311 g/mol. The van der Waals surface area contributed by atoms with Gasteiger partial charge in [-0.2, -0.15) is 13.2 Å². The Bertz CT molecular complexity index is 505. The van der Waals surface area contributed by atoms with Crippen LogP contribution in [-0.2, 0) is 4.74 Å². The summed E-state index contributed by atoms with van der Waals surface area (Å²) in [5.74, 6) is -4.19. The fraction of sp³-hybridized carbons (Fsp3) is 0.545. The summed E-state index contributed by atoms with van der Waals surface area (Å²) < 4.78 is 57.6. The lowest BCUT2D eigenvalue weighted by Crippen LogP contribution is -2.46. The highest BCUT2D eigenvalue weighted by Gasteiger charge is 2.59. The summed E-state index contributed by atoms with van der Waals surface area (Å²) in [5.41, 5.74) is 5.20. The third-order valence-electron chi connectivity index (χ3n) is 3.25. The molecule has 6 nitrogen and oxygen atoms in total. The molecule has 21 heavy (non-hydrogen) atoms. The lowest BCUT2D eigenvalue weighted by molar-refractivity contribution is -0.213. The summed E-state index contributed by atoms with van der Waals surface area (Å²) in [6, 6.07) is 0. The Hall–Kier alpha value is -1.65. The van der Waals surface area contributed by atoms with Crippen molar-refractivity contribution in [3.05, 3.63) is 24.4 Å². The number of nitrogens with zero attached hydrogens (tertiary/aromatic N) is 2. The van der Waals surface area contributed by atoms with Crippen LogP contribution in [0.3, 0.4) is 0 Å². The van der Waals surface area contributed by atoms with Crippen molar-refractivity contribution in [3.63, 3.8) is 0 Å². The van der Waals surface area contributed by atoms with E-state index in [0.717, 1.165) is 0 Å². The number of nitrogens with two attached hydrogens (primary N) is 1. The van der Waals surface area contributed by atoms with Gasteiger partial charge in [-0.3, -0.25) is 0 Å². The molecule has 0 bridgehead atoms. The smallest absolute Gasteiger partial charge is 0.394 e. The molecule has 0 aromatic rings. The van der Waals surface area contributed by atoms with E-state index in [1.54, 1.807) is 0 Å². The molecule has 4 atom stereocenters. The maximum absolute atomic E-state index is 13.4. The number of aliphatic hydroxyl groups is 2. The quantitative estimate of drug-likeness (QED) is 0.634. The van der Waals surface area contributed by atoms with Gasteiger partial charge in [0.25, 0.3) is 0 Å². The van der Waals surface area contributed by atoms with Gasteiger partial charge in [-0.05, 0) is 0 Å². The van der Waals surface area contributed by atoms with Crippen LogP contribution in [0.2, 0.25) is 0 Å². The van der Waals surface area contributed by atoms with Crippen LogP contribution in [-0.4, -0.2) is 52.2 Å². The molecule has 0 saturated carbocycles. The molecule has 0 aromatic carbocycles. The van der Waals surface area contributed by atoms with Gasteiger partial charge in [-0.15, -0.1) is 0 Å². The van der Waals surface area contributed by atoms with Gasteiger partial charge in [0, 0.05) is 6.20 Å². The van der Waals surface area contributed by atoms with E-state index in [0.29, 0.717) is 11.1 Å². The molecule has 2 heterocycles. The molecular formula is C11H13F4N3O3. The second-order valence-corrected chi connectivity index (χ2v) is 4.60. The molecule has 0 aliphatic carbocycles. The van der Waals surface area contributed by atoms with Gasteiger partial charge >= 0.3 is 6.18 Å². The zero-order valence-electron chi connectivity index (χ0n) is 10.6.